The normalized spacial score (nSPS) is 15.2. The lowest BCUT2D eigenvalue weighted by Gasteiger charge is -2.27. The Kier molecular flexibility index (Phi) is 54.2. The van der Waals surface area contributed by atoms with Gasteiger partial charge < -0.3 is 19.7 Å². The number of carbonyl (C=O) groups excluding carboxylic acids is 2. The third kappa shape index (κ3) is 48.7. The maximum absolute atomic E-state index is 12.5. The van der Waals surface area contributed by atoms with Crippen LogP contribution >= 0.6 is 0 Å². The highest BCUT2D eigenvalue weighted by Gasteiger charge is 2.36. The number of esters is 2. The van der Waals surface area contributed by atoms with Crippen LogP contribution in [-0.4, -0.2) is 48.6 Å². The number of aliphatic hydroxyl groups is 2. The fourth-order valence-corrected chi connectivity index (χ4v) is 11.1. The molecular formula is C67H128O6. The van der Waals surface area contributed by atoms with Crippen LogP contribution < -0.4 is 0 Å². The van der Waals surface area contributed by atoms with Crippen LogP contribution in [0.15, 0.2) is 12.2 Å². The molecule has 6 nitrogen and oxygen atoms in total. The minimum Gasteiger partial charge on any atom is -0.465 e. The van der Waals surface area contributed by atoms with Crippen molar-refractivity contribution in [2.75, 3.05) is 26.4 Å². The molecule has 1 aliphatic heterocycles. The summed E-state index contributed by atoms with van der Waals surface area (Å²) in [6.45, 7) is 1.21. The van der Waals surface area contributed by atoms with E-state index < -0.39 is 36.5 Å². The van der Waals surface area contributed by atoms with Crippen LogP contribution in [0.3, 0.4) is 0 Å². The monoisotopic (exact) mass is 1030 g/mol. The van der Waals surface area contributed by atoms with Crippen LogP contribution in [0, 0.1) is 11.3 Å². The van der Waals surface area contributed by atoms with Crippen LogP contribution in [-0.2, 0) is 19.1 Å². The third-order valence-corrected chi connectivity index (χ3v) is 16.5. The van der Waals surface area contributed by atoms with E-state index in [4.69, 9.17) is 9.47 Å². The van der Waals surface area contributed by atoms with Crippen LogP contribution in [0.25, 0.3) is 0 Å². The zero-order valence-electron chi connectivity index (χ0n) is 49.2. The van der Waals surface area contributed by atoms with E-state index in [-0.39, 0.29) is 19.6 Å². The van der Waals surface area contributed by atoms with E-state index in [0.29, 0.717) is 6.42 Å². The van der Waals surface area contributed by atoms with Gasteiger partial charge in [-0.05, 0) is 32.1 Å². The number of cyclic esters (lactones) is 2. The second-order valence-electron chi connectivity index (χ2n) is 23.9. The van der Waals surface area contributed by atoms with E-state index in [0.717, 1.165) is 19.3 Å². The Morgan fingerprint density at radius 1 is 0.356 bits per heavy atom. The predicted molar refractivity (Wildman–Crippen MR) is 315 cm³/mol. The molecule has 432 valence electrons. The molecule has 0 spiro atoms. The maximum Gasteiger partial charge on any atom is 0.309 e. The van der Waals surface area contributed by atoms with E-state index in [2.05, 4.69) is 19.1 Å². The van der Waals surface area contributed by atoms with Crippen LogP contribution in [0.4, 0.5) is 0 Å². The molecule has 1 atom stereocenters. The number of hydrogen-bond donors (Lipinski definition) is 2. The molecule has 1 saturated heterocycles. The molecule has 1 rings (SSSR count). The molecule has 73 heavy (non-hydrogen) atoms. The molecule has 0 bridgehead atoms. The first-order valence-corrected chi connectivity index (χ1v) is 33.3. The van der Waals surface area contributed by atoms with Crippen molar-refractivity contribution in [1.82, 2.24) is 0 Å². The highest BCUT2D eigenvalue weighted by Crippen LogP contribution is 2.25. The van der Waals surface area contributed by atoms with Crippen molar-refractivity contribution < 1.29 is 29.3 Å². The Balaban J connectivity index is 1.67. The lowest BCUT2D eigenvalue weighted by molar-refractivity contribution is -0.155. The largest absolute Gasteiger partial charge is 0.465 e. The first kappa shape index (κ1) is 69.6. The SMILES string of the molecule is CCCCCCCCCCCCCCCCCCCCCC/C=C/CCCCCCCCCCCCCCCCCCCCCCCCCCCCCCCCCCC1CC(=O)OCC(CO)(CO)COC1=O. The van der Waals surface area contributed by atoms with Gasteiger partial charge in [-0.25, -0.2) is 0 Å². The molecule has 0 radical (unpaired) electrons. The molecule has 0 aromatic carbocycles. The average Bonchev–Trinajstić information content (AvgIpc) is 3.46. The molecule has 0 saturated carbocycles. The number of ether oxygens (including phenoxy) is 2. The van der Waals surface area contributed by atoms with Gasteiger partial charge in [0.25, 0.3) is 0 Å². The Bertz CT molecular complexity index is 1150. The number of rotatable bonds is 58. The minimum absolute atomic E-state index is 0.00487. The first-order chi connectivity index (χ1) is 36.1. The topological polar surface area (TPSA) is 93.1 Å². The number of aliphatic hydroxyl groups excluding tert-OH is 2. The number of allylic oxidation sites excluding steroid dienone is 2. The van der Waals surface area contributed by atoms with Crippen LogP contribution in [0.1, 0.15) is 366 Å². The van der Waals surface area contributed by atoms with Gasteiger partial charge in [0.2, 0.25) is 0 Å². The molecule has 1 fully saturated rings. The highest BCUT2D eigenvalue weighted by molar-refractivity contribution is 5.80. The van der Waals surface area contributed by atoms with Gasteiger partial charge in [0.15, 0.2) is 0 Å². The van der Waals surface area contributed by atoms with Crippen molar-refractivity contribution in [3.05, 3.63) is 12.2 Å². The number of unbranched alkanes of at least 4 members (excludes halogenated alkanes) is 52. The molecule has 0 amide bonds. The van der Waals surface area contributed by atoms with Gasteiger partial charge >= 0.3 is 11.9 Å². The second-order valence-corrected chi connectivity index (χ2v) is 23.9. The molecule has 1 heterocycles. The molecular weight excluding hydrogens is 901 g/mol. The molecule has 1 unspecified atom stereocenters. The van der Waals surface area contributed by atoms with Crippen molar-refractivity contribution >= 4 is 11.9 Å². The van der Waals surface area contributed by atoms with E-state index in [1.807, 2.05) is 0 Å². The summed E-state index contributed by atoms with van der Waals surface area (Å²) in [6.07, 6.45) is 81.6. The predicted octanol–water partition coefficient (Wildman–Crippen LogP) is 21.1. The summed E-state index contributed by atoms with van der Waals surface area (Å²) in [4.78, 5) is 24.7. The van der Waals surface area contributed by atoms with Gasteiger partial charge in [-0.15, -0.1) is 0 Å². The van der Waals surface area contributed by atoms with E-state index in [1.165, 1.54) is 327 Å². The zero-order valence-corrected chi connectivity index (χ0v) is 49.2. The summed E-state index contributed by atoms with van der Waals surface area (Å²) in [5.74, 6) is -1.40. The summed E-state index contributed by atoms with van der Waals surface area (Å²) in [7, 11) is 0. The van der Waals surface area contributed by atoms with E-state index >= 15 is 0 Å². The Hall–Kier alpha value is -1.40. The maximum atomic E-state index is 12.5. The Morgan fingerprint density at radius 2 is 0.589 bits per heavy atom. The first-order valence-electron chi connectivity index (χ1n) is 33.3. The summed E-state index contributed by atoms with van der Waals surface area (Å²) in [6, 6.07) is 0. The van der Waals surface area contributed by atoms with Crippen LogP contribution in [0.5, 0.6) is 0 Å². The molecule has 0 aromatic rings. The Labute approximate surface area is 455 Å². The molecule has 0 aromatic heterocycles. The van der Waals surface area contributed by atoms with Crippen LogP contribution in [0.2, 0.25) is 0 Å². The van der Waals surface area contributed by atoms with Crippen molar-refractivity contribution in [2.45, 2.75) is 366 Å². The summed E-state index contributed by atoms with van der Waals surface area (Å²) < 4.78 is 10.6. The quantitative estimate of drug-likeness (QED) is 0.0358. The van der Waals surface area contributed by atoms with Gasteiger partial charge in [0.1, 0.15) is 13.2 Å². The fourth-order valence-electron chi connectivity index (χ4n) is 11.1. The average molecular weight is 1030 g/mol. The number of carbonyl (C=O) groups is 2. The molecule has 2 N–H and O–H groups in total. The van der Waals surface area contributed by atoms with Gasteiger partial charge in [0, 0.05) is 0 Å². The van der Waals surface area contributed by atoms with E-state index in [9.17, 15) is 19.8 Å². The summed E-state index contributed by atoms with van der Waals surface area (Å²) >= 11 is 0. The van der Waals surface area contributed by atoms with Gasteiger partial charge in [-0.3, -0.25) is 9.59 Å². The van der Waals surface area contributed by atoms with Crippen molar-refractivity contribution in [3.63, 3.8) is 0 Å². The minimum atomic E-state index is -1.12. The smallest absolute Gasteiger partial charge is 0.309 e. The van der Waals surface area contributed by atoms with Gasteiger partial charge in [-0.1, -0.05) is 340 Å². The van der Waals surface area contributed by atoms with Crippen molar-refractivity contribution in [2.24, 2.45) is 11.3 Å². The number of hydrogen-bond acceptors (Lipinski definition) is 6. The Morgan fingerprint density at radius 3 is 0.849 bits per heavy atom. The standard InChI is InChI=1S/C67H128O6/c1-2-3-4-5-6-7-8-9-10-11-12-13-14-15-16-17-18-19-20-21-22-23-24-25-26-27-28-29-30-31-32-33-34-35-36-37-38-39-40-41-42-43-44-45-46-47-48-49-50-51-52-53-54-55-56-57-58-64-59-65(70)72-62-67(60-68,61-69)63-73-66(64)71/h23-24,64,68-69H,2-22,25-63H2,1H3/b24-23+. The van der Waals surface area contributed by atoms with Crippen molar-refractivity contribution in [3.8, 4) is 0 Å². The molecule has 6 heteroatoms. The summed E-state index contributed by atoms with van der Waals surface area (Å²) in [5.41, 5.74) is -1.12. The summed E-state index contributed by atoms with van der Waals surface area (Å²) in [5, 5.41) is 19.2. The third-order valence-electron chi connectivity index (χ3n) is 16.5. The van der Waals surface area contributed by atoms with E-state index in [1.54, 1.807) is 0 Å². The second kappa shape index (κ2) is 56.8. The molecule has 1 aliphatic rings. The van der Waals surface area contributed by atoms with Gasteiger partial charge in [-0.2, -0.15) is 0 Å². The lowest BCUT2D eigenvalue weighted by Crippen LogP contribution is -2.40. The lowest BCUT2D eigenvalue weighted by atomic mass is 9.92. The molecule has 0 aliphatic carbocycles. The highest BCUT2D eigenvalue weighted by atomic mass is 16.6. The zero-order chi connectivity index (χ0) is 52.5. The fraction of sp³-hybridized carbons (Fsp3) is 0.940. The van der Waals surface area contributed by atoms with Crippen molar-refractivity contribution in [1.29, 1.82) is 0 Å². The van der Waals surface area contributed by atoms with Gasteiger partial charge in [0.05, 0.1) is 31.0 Å².